The summed E-state index contributed by atoms with van der Waals surface area (Å²) in [5.41, 5.74) is 0.941. The minimum absolute atomic E-state index is 0.0344. The van der Waals surface area contributed by atoms with Crippen molar-refractivity contribution < 1.29 is 14.4 Å². The normalized spacial score (nSPS) is 30.0. The molecule has 2 N–H and O–H groups in total. The van der Waals surface area contributed by atoms with Crippen LogP contribution in [0.1, 0.15) is 61.9 Å². The van der Waals surface area contributed by atoms with E-state index in [1.54, 1.807) is 0 Å². The Morgan fingerprint density at radius 2 is 1.74 bits per heavy atom. The third-order valence-electron chi connectivity index (χ3n) is 7.64. The van der Waals surface area contributed by atoms with Gasteiger partial charge < -0.3 is 10.6 Å². The zero-order valence-electron chi connectivity index (χ0n) is 18.8. The molecular weight excluding hydrogens is 392 g/mol. The van der Waals surface area contributed by atoms with Crippen molar-refractivity contribution >= 4 is 17.8 Å². The first kappa shape index (κ1) is 21.8. The van der Waals surface area contributed by atoms with Crippen LogP contribution >= 0.6 is 0 Å². The lowest BCUT2D eigenvalue weighted by Gasteiger charge is -2.42. The number of carbonyl (C=O) groups excluding carboxylic acids is 3. The number of rotatable bonds is 4. The molecule has 168 valence electrons. The summed E-state index contributed by atoms with van der Waals surface area (Å²) in [5, 5.41) is 6.21. The van der Waals surface area contributed by atoms with Gasteiger partial charge in [-0.1, -0.05) is 38.5 Å². The van der Waals surface area contributed by atoms with Crippen molar-refractivity contribution in [2.45, 2.75) is 64.5 Å². The molecule has 1 spiro atoms. The maximum atomic E-state index is 13.3. The molecule has 4 amide bonds. The van der Waals surface area contributed by atoms with Crippen LogP contribution in [0.3, 0.4) is 0 Å². The van der Waals surface area contributed by atoms with Crippen molar-refractivity contribution in [2.24, 2.45) is 11.8 Å². The van der Waals surface area contributed by atoms with Gasteiger partial charge in [-0.2, -0.15) is 0 Å². The maximum absolute atomic E-state index is 13.3. The quantitative estimate of drug-likeness (QED) is 0.726. The molecular formula is C24H34N4O3. The number of aryl methyl sites for hydroxylation is 1. The highest BCUT2D eigenvalue weighted by atomic mass is 16.2. The van der Waals surface area contributed by atoms with Crippen LogP contribution in [-0.4, -0.2) is 59.0 Å². The van der Waals surface area contributed by atoms with Gasteiger partial charge in [0.15, 0.2) is 0 Å². The molecule has 3 fully saturated rings. The van der Waals surface area contributed by atoms with Crippen LogP contribution in [0.4, 0.5) is 4.79 Å². The summed E-state index contributed by atoms with van der Waals surface area (Å²) in [6.45, 7) is 7.92. The number of benzene rings is 1. The van der Waals surface area contributed by atoms with Gasteiger partial charge in [0.2, 0.25) is 0 Å². The molecule has 31 heavy (non-hydrogen) atoms. The Kier molecular flexibility index (Phi) is 6.06. The fourth-order valence-corrected chi connectivity index (χ4v) is 5.59. The maximum Gasteiger partial charge on any atom is 0.326 e. The first-order valence-corrected chi connectivity index (χ1v) is 11.6. The molecule has 1 aromatic carbocycles. The Morgan fingerprint density at radius 1 is 1.10 bits per heavy atom. The topological polar surface area (TPSA) is 81.8 Å². The molecule has 1 aromatic rings. The summed E-state index contributed by atoms with van der Waals surface area (Å²) >= 11 is 0. The lowest BCUT2D eigenvalue weighted by molar-refractivity contribution is -0.138. The highest BCUT2D eigenvalue weighted by Gasteiger charge is 2.58. The van der Waals surface area contributed by atoms with Gasteiger partial charge in [0.1, 0.15) is 5.54 Å². The molecule has 2 aliphatic heterocycles. The van der Waals surface area contributed by atoms with Crippen molar-refractivity contribution in [1.82, 2.24) is 20.4 Å². The van der Waals surface area contributed by atoms with Crippen LogP contribution in [-0.2, 0) is 4.79 Å². The Balaban J connectivity index is 1.33. The molecule has 7 nitrogen and oxygen atoms in total. The Morgan fingerprint density at radius 3 is 2.39 bits per heavy atom. The van der Waals surface area contributed by atoms with Gasteiger partial charge in [-0.05, 0) is 56.1 Å². The molecule has 0 aromatic heterocycles. The molecule has 0 radical (unpaired) electrons. The number of amides is 4. The average Bonchev–Trinajstić information content (AvgIpc) is 2.99. The number of urea groups is 1. The lowest BCUT2D eigenvalue weighted by atomic mass is 9.67. The van der Waals surface area contributed by atoms with E-state index in [0.717, 1.165) is 50.8 Å². The summed E-state index contributed by atoms with van der Waals surface area (Å²) in [7, 11) is 0. The standard InChI is InChI=1S/C24H34N4O3/c1-16-7-4-5-10-20(16)21(29)25-19-11-13-27(14-12-19)15-28-22(30)24(26-23(28)31)17(2)8-6-9-18(24)3/h4-5,7,10,17-19H,6,8-9,11-15H2,1-3H3,(H,25,29)(H,26,31). The second kappa shape index (κ2) is 8.61. The van der Waals surface area contributed by atoms with E-state index in [0.29, 0.717) is 12.2 Å². The Hall–Kier alpha value is -2.41. The van der Waals surface area contributed by atoms with E-state index in [9.17, 15) is 14.4 Å². The summed E-state index contributed by atoms with van der Waals surface area (Å²) in [4.78, 5) is 42.2. The second-order valence-electron chi connectivity index (χ2n) is 9.59. The predicted molar refractivity (Wildman–Crippen MR) is 118 cm³/mol. The summed E-state index contributed by atoms with van der Waals surface area (Å²) in [5.74, 6) is 0.209. The number of likely N-dealkylation sites (tertiary alicyclic amines) is 1. The van der Waals surface area contributed by atoms with Crippen molar-refractivity contribution in [3.8, 4) is 0 Å². The summed E-state index contributed by atoms with van der Waals surface area (Å²) in [6.07, 6.45) is 4.65. The zero-order valence-corrected chi connectivity index (χ0v) is 18.8. The van der Waals surface area contributed by atoms with E-state index in [1.807, 2.05) is 31.2 Å². The van der Waals surface area contributed by atoms with Crippen molar-refractivity contribution in [3.05, 3.63) is 35.4 Å². The summed E-state index contributed by atoms with van der Waals surface area (Å²) < 4.78 is 0. The van der Waals surface area contributed by atoms with Gasteiger partial charge >= 0.3 is 6.03 Å². The number of imide groups is 1. The van der Waals surface area contributed by atoms with Crippen LogP contribution in [0.5, 0.6) is 0 Å². The van der Waals surface area contributed by atoms with E-state index in [1.165, 1.54) is 4.90 Å². The third-order valence-corrected chi connectivity index (χ3v) is 7.64. The van der Waals surface area contributed by atoms with Gasteiger partial charge in [0, 0.05) is 24.7 Å². The highest BCUT2D eigenvalue weighted by Crippen LogP contribution is 2.42. The molecule has 1 aliphatic carbocycles. The second-order valence-corrected chi connectivity index (χ2v) is 9.59. The minimum Gasteiger partial charge on any atom is -0.349 e. The largest absolute Gasteiger partial charge is 0.349 e. The fraction of sp³-hybridized carbons (Fsp3) is 0.625. The van der Waals surface area contributed by atoms with Crippen LogP contribution < -0.4 is 10.6 Å². The smallest absolute Gasteiger partial charge is 0.326 e. The van der Waals surface area contributed by atoms with E-state index in [2.05, 4.69) is 29.4 Å². The van der Waals surface area contributed by atoms with Crippen molar-refractivity contribution in [3.63, 3.8) is 0 Å². The van der Waals surface area contributed by atoms with Crippen molar-refractivity contribution in [1.29, 1.82) is 0 Å². The van der Waals surface area contributed by atoms with Crippen LogP contribution in [0.15, 0.2) is 24.3 Å². The Bertz CT molecular complexity index is 852. The van der Waals surface area contributed by atoms with Crippen LogP contribution in [0.25, 0.3) is 0 Å². The van der Waals surface area contributed by atoms with Gasteiger partial charge in [0.25, 0.3) is 11.8 Å². The summed E-state index contributed by atoms with van der Waals surface area (Å²) in [6, 6.07) is 7.44. The SMILES string of the molecule is Cc1ccccc1C(=O)NC1CCN(CN2C(=O)NC3(C2=O)C(C)CCCC3C)CC1. The first-order chi connectivity index (χ1) is 14.8. The molecule has 2 unspecified atom stereocenters. The third kappa shape index (κ3) is 3.95. The van der Waals surface area contributed by atoms with Crippen LogP contribution in [0.2, 0.25) is 0 Å². The number of piperidine rings is 1. The molecule has 3 aliphatic rings. The monoisotopic (exact) mass is 426 g/mol. The molecule has 2 saturated heterocycles. The van der Waals surface area contributed by atoms with Crippen LogP contribution in [0, 0.1) is 18.8 Å². The first-order valence-electron chi connectivity index (χ1n) is 11.6. The number of nitrogens with zero attached hydrogens (tertiary/aromatic N) is 2. The van der Waals surface area contributed by atoms with E-state index >= 15 is 0 Å². The van der Waals surface area contributed by atoms with E-state index in [-0.39, 0.29) is 35.7 Å². The van der Waals surface area contributed by atoms with Gasteiger partial charge in [-0.3, -0.25) is 14.5 Å². The van der Waals surface area contributed by atoms with E-state index in [4.69, 9.17) is 0 Å². The molecule has 1 saturated carbocycles. The number of carbonyl (C=O) groups is 3. The van der Waals surface area contributed by atoms with Gasteiger partial charge in [-0.15, -0.1) is 0 Å². The molecule has 2 atom stereocenters. The fourth-order valence-electron chi connectivity index (χ4n) is 5.59. The van der Waals surface area contributed by atoms with Gasteiger partial charge in [-0.25, -0.2) is 9.69 Å². The number of hydrogen-bond donors (Lipinski definition) is 2. The Labute approximate surface area is 184 Å². The molecule has 7 heteroatoms. The molecule has 4 rings (SSSR count). The zero-order chi connectivity index (χ0) is 22.2. The predicted octanol–water partition coefficient (Wildman–Crippen LogP) is 2.89. The lowest BCUT2D eigenvalue weighted by Crippen LogP contribution is -2.59. The minimum atomic E-state index is -0.741. The molecule has 0 bridgehead atoms. The highest BCUT2D eigenvalue weighted by molar-refractivity contribution is 6.07. The van der Waals surface area contributed by atoms with E-state index < -0.39 is 5.54 Å². The molecule has 2 heterocycles. The van der Waals surface area contributed by atoms with Crippen molar-refractivity contribution in [2.75, 3.05) is 19.8 Å². The van der Waals surface area contributed by atoms with Gasteiger partial charge in [0.05, 0.1) is 6.67 Å². The average molecular weight is 427 g/mol. The number of hydrogen-bond acceptors (Lipinski definition) is 4. The number of nitrogens with one attached hydrogen (secondary N) is 2.